The number of carbonyl (C=O) groups is 1. The van der Waals surface area contributed by atoms with Gasteiger partial charge in [0.15, 0.2) is 0 Å². The number of nitrogens with zero attached hydrogens (tertiary/aromatic N) is 5. The molecule has 0 spiro atoms. The van der Waals surface area contributed by atoms with Crippen LogP contribution in [0.2, 0.25) is 0 Å². The van der Waals surface area contributed by atoms with Gasteiger partial charge in [-0.25, -0.2) is 14.8 Å². The Hall–Kier alpha value is -3.35. The SMILES string of the molecule is Cc1ccc(N2CCN(C(=O)NCc3ccc(-n4ccnc4)nc3)CC2)cc1C. The lowest BCUT2D eigenvalue weighted by Gasteiger charge is -2.36. The first-order chi connectivity index (χ1) is 14.1. The molecule has 3 heterocycles. The summed E-state index contributed by atoms with van der Waals surface area (Å²) in [4.78, 5) is 25.2. The second-order valence-electron chi connectivity index (χ2n) is 7.40. The zero-order chi connectivity index (χ0) is 20.2. The highest BCUT2D eigenvalue weighted by molar-refractivity contribution is 5.74. The van der Waals surface area contributed by atoms with Gasteiger partial charge < -0.3 is 15.1 Å². The molecule has 3 aromatic rings. The third-order valence-corrected chi connectivity index (χ3v) is 5.44. The molecule has 1 aliphatic heterocycles. The standard InChI is InChI=1S/C22H26N6O/c1-17-3-5-20(13-18(17)2)26-9-11-27(12-10-26)22(29)25-15-19-4-6-21(24-14-19)28-8-7-23-16-28/h3-8,13-14,16H,9-12,15H2,1-2H3,(H,25,29). The first-order valence-corrected chi connectivity index (χ1v) is 9.88. The molecular weight excluding hydrogens is 364 g/mol. The number of urea groups is 1. The Morgan fingerprint density at radius 3 is 2.55 bits per heavy atom. The summed E-state index contributed by atoms with van der Waals surface area (Å²) in [5, 5.41) is 3.00. The lowest BCUT2D eigenvalue weighted by molar-refractivity contribution is 0.194. The summed E-state index contributed by atoms with van der Waals surface area (Å²) in [5.41, 5.74) is 4.81. The minimum absolute atomic E-state index is 0.0246. The summed E-state index contributed by atoms with van der Waals surface area (Å²) in [6.07, 6.45) is 7.06. The molecule has 2 aromatic heterocycles. The first kappa shape index (κ1) is 19.0. The Morgan fingerprint density at radius 2 is 1.90 bits per heavy atom. The molecule has 1 saturated heterocycles. The van der Waals surface area contributed by atoms with E-state index < -0.39 is 0 Å². The highest BCUT2D eigenvalue weighted by atomic mass is 16.2. The molecule has 1 aliphatic rings. The van der Waals surface area contributed by atoms with Crippen LogP contribution in [-0.2, 0) is 6.54 Å². The molecule has 0 atom stereocenters. The maximum Gasteiger partial charge on any atom is 0.317 e. The molecule has 0 aliphatic carbocycles. The highest BCUT2D eigenvalue weighted by Crippen LogP contribution is 2.20. The maximum atomic E-state index is 12.5. The molecule has 0 unspecified atom stereocenters. The van der Waals surface area contributed by atoms with Crippen LogP contribution in [-0.4, -0.2) is 51.6 Å². The number of pyridine rings is 1. The summed E-state index contributed by atoms with van der Waals surface area (Å²) in [7, 11) is 0. The summed E-state index contributed by atoms with van der Waals surface area (Å²) in [5.74, 6) is 0.806. The predicted molar refractivity (Wildman–Crippen MR) is 113 cm³/mol. The number of aromatic nitrogens is 3. The van der Waals surface area contributed by atoms with Crippen molar-refractivity contribution in [2.75, 3.05) is 31.1 Å². The third kappa shape index (κ3) is 4.39. The molecule has 0 saturated carbocycles. The number of anilines is 1. The van der Waals surface area contributed by atoms with E-state index in [1.807, 2.05) is 27.8 Å². The fourth-order valence-corrected chi connectivity index (χ4v) is 3.45. The van der Waals surface area contributed by atoms with Crippen molar-refractivity contribution < 1.29 is 4.79 Å². The van der Waals surface area contributed by atoms with Crippen LogP contribution in [0.15, 0.2) is 55.2 Å². The second kappa shape index (κ2) is 8.34. The number of amides is 2. The summed E-state index contributed by atoms with van der Waals surface area (Å²) in [6.45, 7) is 7.86. The predicted octanol–water partition coefficient (Wildman–Crippen LogP) is 2.92. The Balaban J connectivity index is 1.27. The quantitative estimate of drug-likeness (QED) is 0.744. The Kier molecular flexibility index (Phi) is 5.46. The average Bonchev–Trinajstić information content (AvgIpc) is 3.29. The number of rotatable bonds is 4. The fourth-order valence-electron chi connectivity index (χ4n) is 3.45. The number of carbonyl (C=O) groups excluding carboxylic acids is 1. The normalized spacial score (nSPS) is 14.1. The van der Waals surface area contributed by atoms with Crippen molar-refractivity contribution in [1.82, 2.24) is 24.8 Å². The van der Waals surface area contributed by atoms with E-state index >= 15 is 0 Å². The van der Waals surface area contributed by atoms with Gasteiger partial charge in [0.1, 0.15) is 12.1 Å². The molecule has 7 nitrogen and oxygen atoms in total. The third-order valence-electron chi connectivity index (χ3n) is 5.44. The molecule has 2 amide bonds. The van der Waals surface area contributed by atoms with E-state index in [-0.39, 0.29) is 6.03 Å². The van der Waals surface area contributed by atoms with E-state index in [4.69, 9.17) is 0 Å². The van der Waals surface area contributed by atoms with Crippen LogP contribution in [0.1, 0.15) is 16.7 Å². The monoisotopic (exact) mass is 390 g/mol. The fraction of sp³-hybridized carbons (Fsp3) is 0.318. The van der Waals surface area contributed by atoms with Crippen LogP contribution in [0.4, 0.5) is 10.5 Å². The number of nitrogens with one attached hydrogen (secondary N) is 1. The number of imidazole rings is 1. The van der Waals surface area contributed by atoms with Gasteiger partial charge in [-0.1, -0.05) is 12.1 Å². The first-order valence-electron chi connectivity index (χ1n) is 9.88. The van der Waals surface area contributed by atoms with Gasteiger partial charge in [0, 0.05) is 57.0 Å². The van der Waals surface area contributed by atoms with Gasteiger partial charge in [-0.15, -0.1) is 0 Å². The highest BCUT2D eigenvalue weighted by Gasteiger charge is 2.21. The van der Waals surface area contributed by atoms with Crippen molar-refractivity contribution in [2.45, 2.75) is 20.4 Å². The largest absolute Gasteiger partial charge is 0.368 e. The Morgan fingerprint density at radius 1 is 1.07 bits per heavy atom. The Bertz CT molecular complexity index is 959. The van der Waals surface area contributed by atoms with Gasteiger partial charge in [0.25, 0.3) is 0 Å². The molecule has 150 valence electrons. The van der Waals surface area contributed by atoms with Gasteiger partial charge in [0.2, 0.25) is 0 Å². The molecule has 1 fully saturated rings. The lowest BCUT2D eigenvalue weighted by atomic mass is 10.1. The topological polar surface area (TPSA) is 66.3 Å². The van der Waals surface area contributed by atoms with E-state index in [0.717, 1.165) is 37.6 Å². The van der Waals surface area contributed by atoms with Gasteiger partial charge in [-0.3, -0.25) is 4.57 Å². The van der Waals surface area contributed by atoms with Crippen molar-refractivity contribution in [2.24, 2.45) is 0 Å². The van der Waals surface area contributed by atoms with Gasteiger partial charge >= 0.3 is 6.03 Å². The number of aryl methyl sites for hydroxylation is 2. The second-order valence-corrected chi connectivity index (χ2v) is 7.40. The van der Waals surface area contributed by atoms with Crippen molar-refractivity contribution in [3.8, 4) is 5.82 Å². The van der Waals surface area contributed by atoms with Crippen molar-refractivity contribution in [3.63, 3.8) is 0 Å². The lowest BCUT2D eigenvalue weighted by Crippen LogP contribution is -2.51. The van der Waals surface area contributed by atoms with E-state index in [1.54, 1.807) is 18.7 Å². The summed E-state index contributed by atoms with van der Waals surface area (Å²) < 4.78 is 1.84. The van der Waals surface area contributed by atoms with Crippen LogP contribution >= 0.6 is 0 Å². The van der Waals surface area contributed by atoms with Gasteiger partial charge in [-0.05, 0) is 48.7 Å². The van der Waals surface area contributed by atoms with Gasteiger partial charge in [-0.2, -0.15) is 0 Å². The van der Waals surface area contributed by atoms with Crippen LogP contribution in [0.3, 0.4) is 0 Å². The van der Waals surface area contributed by atoms with Crippen LogP contribution in [0, 0.1) is 13.8 Å². The zero-order valence-corrected chi connectivity index (χ0v) is 16.9. The molecule has 1 aromatic carbocycles. The van der Waals surface area contributed by atoms with E-state index in [9.17, 15) is 4.79 Å². The molecule has 1 N–H and O–H groups in total. The molecule has 7 heteroatoms. The molecule has 29 heavy (non-hydrogen) atoms. The van der Waals surface area contributed by atoms with Crippen molar-refractivity contribution in [3.05, 3.63) is 71.9 Å². The van der Waals surface area contributed by atoms with Crippen LogP contribution in [0.25, 0.3) is 5.82 Å². The van der Waals surface area contributed by atoms with Crippen molar-refractivity contribution in [1.29, 1.82) is 0 Å². The molecular formula is C22H26N6O. The molecule has 0 bridgehead atoms. The van der Waals surface area contributed by atoms with E-state index in [0.29, 0.717) is 6.54 Å². The molecule has 0 radical (unpaired) electrons. The number of hydrogen-bond donors (Lipinski definition) is 1. The average molecular weight is 390 g/mol. The molecule has 4 rings (SSSR count). The minimum Gasteiger partial charge on any atom is -0.368 e. The van der Waals surface area contributed by atoms with E-state index in [2.05, 4.69) is 52.2 Å². The van der Waals surface area contributed by atoms with Crippen LogP contribution in [0.5, 0.6) is 0 Å². The number of hydrogen-bond acceptors (Lipinski definition) is 4. The zero-order valence-electron chi connectivity index (χ0n) is 16.9. The van der Waals surface area contributed by atoms with E-state index in [1.165, 1.54) is 16.8 Å². The van der Waals surface area contributed by atoms with Gasteiger partial charge in [0.05, 0.1) is 0 Å². The number of benzene rings is 1. The summed E-state index contributed by atoms with van der Waals surface area (Å²) in [6, 6.07) is 10.4. The number of piperazine rings is 1. The smallest absolute Gasteiger partial charge is 0.317 e. The van der Waals surface area contributed by atoms with Crippen LogP contribution < -0.4 is 10.2 Å². The maximum absolute atomic E-state index is 12.5. The summed E-state index contributed by atoms with van der Waals surface area (Å²) >= 11 is 0. The van der Waals surface area contributed by atoms with Crippen molar-refractivity contribution >= 4 is 11.7 Å². The minimum atomic E-state index is -0.0246. The Labute approximate surface area is 171 Å².